The molecule has 4 aliphatic rings. The van der Waals surface area contributed by atoms with Crippen molar-refractivity contribution >= 4 is 18.7 Å². The van der Waals surface area contributed by atoms with Crippen molar-refractivity contribution in [1.82, 2.24) is 0 Å². The van der Waals surface area contributed by atoms with Crippen molar-refractivity contribution in [2.24, 2.45) is 0 Å². The molecule has 1 spiro atoms. The Labute approximate surface area is 226 Å². The Morgan fingerprint density at radius 2 is 1.45 bits per heavy atom. The van der Waals surface area contributed by atoms with Crippen molar-refractivity contribution in [3.05, 3.63) is 60.7 Å². The van der Waals surface area contributed by atoms with Crippen LogP contribution in [0.15, 0.2) is 60.7 Å². The average Bonchev–Trinajstić information content (AvgIpc) is 3.39. The van der Waals surface area contributed by atoms with Gasteiger partial charge in [0, 0.05) is 0 Å². The second-order valence-electron chi connectivity index (χ2n) is 13.1. The largest absolute Gasteiger partial charge is 0.404 e. The molecule has 3 saturated heterocycles. The van der Waals surface area contributed by atoms with Gasteiger partial charge in [-0.2, -0.15) is 0 Å². The molecule has 2 aromatic carbocycles. The summed E-state index contributed by atoms with van der Waals surface area (Å²) >= 11 is 0. The average molecular weight is 541 g/mol. The summed E-state index contributed by atoms with van der Waals surface area (Å²) in [5, 5.41) is 13.9. The zero-order chi connectivity index (χ0) is 27.2. The monoisotopic (exact) mass is 540 g/mol. The third-order valence-corrected chi connectivity index (χ3v) is 13.6. The zero-order valence-electron chi connectivity index (χ0n) is 23.4. The Kier molecular flexibility index (Phi) is 5.91. The van der Waals surface area contributed by atoms with Crippen LogP contribution in [0.25, 0.3) is 0 Å². The summed E-state index contributed by atoms with van der Waals surface area (Å²) in [7, 11) is -2.86. The molecule has 7 nitrogen and oxygen atoms in total. The van der Waals surface area contributed by atoms with Crippen molar-refractivity contribution < 1.29 is 33.2 Å². The number of aliphatic hydroxyl groups excluding tert-OH is 1. The number of ether oxygens (including phenoxy) is 5. The molecule has 0 amide bonds. The minimum atomic E-state index is -2.86. The first kappa shape index (κ1) is 26.6. The molecule has 3 heterocycles. The number of rotatable bonds is 5. The van der Waals surface area contributed by atoms with Gasteiger partial charge in [0.25, 0.3) is 8.32 Å². The highest BCUT2D eigenvalue weighted by atomic mass is 28.4. The van der Waals surface area contributed by atoms with E-state index in [-0.39, 0.29) is 11.6 Å². The van der Waals surface area contributed by atoms with Gasteiger partial charge in [0.2, 0.25) is 0 Å². The molecule has 6 rings (SSSR count). The number of hydrogen-bond acceptors (Lipinski definition) is 7. The van der Waals surface area contributed by atoms with Crippen molar-refractivity contribution in [2.75, 3.05) is 13.2 Å². The highest BCUT2D eigenvalue weighted by molar-refractivity contribution is 6.99. The van der Waals surface area contributed by atoms with Crippen LogP contribution < -0.4 is 10.4 Å². The van der Waals surface area contributed by atoms with Gasteiger partial charge in [0.05, 0.1) is 13.2 Å². The van der Waals surface area contributed by atoms with Gasteiger partial charge in [0.15, 0.2) is 17.2 Å². The zero-order valence-corrected chi connectivity index (χ0v) is 24.4. The predicted octanol–water partition coefficient (Wildman–Crippen LogP) is 3.12. The molecule has 0 bridgehead atoms. The molecule has 8 heteroatoms. The molecule has 206 valence electrons. The van der Waals surface area contributed by atoms with Gasteiger partial charge in [-0.15, -0.1) is 0 Å². The standard InChI is InChI=1S/C30H40O7Si/c1-26(2,3)38(20-14-10-8-11-15-20,21-16-12-9-13-17-21)33-19-29-23(31)22-24(35-28(6,7)34-22)30(25(29)36-29)18-32-27(4,5)37-30/h8-17,22-25,31H,18-19H2,1-7H3/t22-,23+,24-,25+,29+,30+/m0/s1. The summed E-state index contributed by atoms with van der Waals surface area (Å²) in [6.45, 7) is 14.7. The molecule has 3 aliphatic heterocycles. The topological polar surface area (TPSA) is 78.9 Å². The van der Waals surface area contributed by atoms with E-state index < -0.39 is 55.5 Å². The first-order chi connectivity index (χ1) is 17.8. The van der Waals surface area contributed by atoms with Crippen LogP contribution in [0, 0.1) is 0 Å². The Morgan fingerprint density at radius 3 is 1.95 bits per heavy atom. The summed E-state index contributed by atoms with van der Waals surface area (Å²) in [6, 6.07) is 21.0. The number of benzene rings is 2. The molecule has 1 N–H and O–H groups in total. The molecule has 2 aromatic rings. The lowest BCUT2D eigenvalue weighted by molar-refractivity contribution is -0.213. The second kappa shape index (κ2) is 8.44. The second-order valence-corrected chi connectivity index (χ2v) is 17.4. The molecule has 0 aromatic heterocycles. The van der Waals surface area contributed by atoms with Crippen LogP contribution in [0.2, 0.25) is 5.04 Å². The van der Waals surface area contributed by atoms with Crippen LogP contribution in [0.4, 0.5) is 0 Å². The lowest BCUT2D eigenvalue weighted by Gasteiger charge is -2.46. The van der Waals surface area contributed by atoms with Crippen molar-refractivity contribution in [1.29, 1.82) is 0 Å². The summed E-state index contributed by atoms with van der Waals surface area (Å²) in [5.41, 5.74) is -1.91. The molecule has 6 atom stereocenters. The van der Waals surface area contributed by atoms with E-state index >= 15 is 0 Å². The Hall–Kier alpha value is -1.62. The highest BCUT2D eigenvalue weighted by Crippen LogP contribution is 2.61. The van der Waals surface area contributed by atoms with Crippen LogP contribution in [0.3, 0.4) is 0 Å². The van der Waals surface area contributed by atoms with Crippen LogP contribution in [-0.2, 0) is 28.1 Å². The van der Waals surface area contributed by atoms with E-state index in [0.29, 0.717) is 6.61 Å². The SMILES string of the molecule is CC1(C)O[C@H]2[C@@H](O)[C@@]3(CO[Si](c4ccccc4)(c4ccccc4)C(C)(C)C)O[C@H]3[C@@]3(COC(C)(C)O3)[C@H]2O1. The van der Waals surface area contributed by atoms with E-state index in [9.17, 15) is 5.11 Å². The van der Waals surface area contributed by atoms with E-state index in [1.165, 1.54) is 10.4 Å². The lowest BCUT2D eigenvalue weighted by atomic mass is 9.73. The predicted molar refractivity (Wildman–Crippen MR) is 145 cm³/mol. The van der Waals surface area contributed by atoms with Gasteiger partial charge in [-0.1, -0.05) is 81.4 Å². The molecule has 38 heavy (non-hydrogen) atoms. The molecule has 0 radical (unpaired) electrons. The maximum atomic E-state index is 11.8. The fourth-order valence-electron chi connectivity index (χ4n) is 7.00. The maximum Gasteiger partial charge on any atom is 0.261 e. The van der Waals surface area contributed by atoms with Crippen molar-refractivity contribution in [2.45, 2.75) is 101 Å². The Morgan fingerprint density at radius 1 is 0.868 bits per heavy atom. The molecule has 1 aliphatic carbocycles. The summed E-state index contributed by atoms with van der Waals surface area (Å²) in [6.07, 6.45) is -2.56. The lowest BCUT2D eigenvalue weighted by Crippen LogP contribution is -2.70. The summed E-state index contributed by atoms with van der Waals surface area (Å²) in [5.74, 6) is -1.67. The van der Waals surface area contributed by atoms with Crippen LogP contribution in [-0.4, -0.2) is 73.8 Å². The maximum absolute atomic E-state index is 11.8. The van der Waals surface area contributed by atoms with Gasteiger partial charge in [-0.05, 0) is 43.1 Å². The number of fused-ring (bicyclic) bond motifs is 4. The smallest absolute Gasteiger partial charge is 0.261 e. The van der Waals surface area contributed by atoms with Gasteiger partial charge < -0.3 is 33.2 Å². The Bertz CT molecular complexity index is 1140. The van der Waals surface area contributed by atoms with Gasteiger partial charge >= 0.3 is 0 Å². The number of hydrogen-bond donors (Lipinski definition) is 1. The summed E-state index contributed by atoms with van der Waals surface area (Å²) in [4.78, 5) is 0. The van der Waals surface area contributed by atoms with Crippen LogP contribution in [0.5, 0.6) is 0 Å². The van der Waals surface area contributed by atoms with Gasteiger partial charge in [0.1, 0.15) is 30.0 Å². The molecule has 1 saturated carbocycles. The quantitative estimate of drug-likeness (QED) is 0.461. The molecular weight excluding hydrogens is 500 g/mol. The van der Waals surface area contributed by atoms with E-state index in [1.54, 1.807) is 0 Å². The van der Waals surface area contributed by atoms with E-state index in [2.05, 4.69) is 69.3 Å². The number of epoxide rings is 1. The fraction of sp³-hybridized carbons (Fsp3) is 0.600. The van der Waals surface area contributed by atoms with Crippen LogP contribution >= 0.6 is 0 Å². The third-order valence-electron chi connectivity index (χ3n) is 8.60. The van der Waals surface area contributed by atoms with E-state index in [4.69, 9.17) is 28.1 Å². The fourth-order valence-corrected chi connectivity index (χ4v) is 11.6. The van der Waals surface area contributed by atoms with Gasteiger partial charge in [-0.3, -0.25) is 0 Å². The molecule has 4 fully saturated rings. The van der Waals surface area contributed by atoms with Crippen LogP contribution in [0.1, 0.15) is 48.5 Å². The summed E-state index contributed by atoms with van der Waals surface area (Å²) < 4.78 is 39.0. The Balaban J connectivity index is 1.41. The van der Waals surface area contributed by atoms with Crippen molar-refractivity contribution in [3.63, 3.8) is 0 Å². The first-order valence-electron chi connectivity index (χ1n) is 13.6. The molecular formula is C30H40O7Si. The van der Waals surface area contributed by atoms with Crippen molar-refractivity contribution in [3.8, 4) is 0 Å². The minimum absolute atomic E-state index is 0.199. The molecule has 0 unspecified atom stereocenters. The first-order valence-corrected chi connectivity index (χ1v) is 15.5. The normalized spacial score (nSPS) is 37.2. The highest BCUT2D eigenvalue weighted by Gasteiger charge is 2.83. The number of aliphatic hydroxyl groups is 1. The third kappa shape index (κ3) is 3.80. The van der Waals surface area contributed by atoms with E-state index in [1.807, 2.05) is 39.8 Å². The minimum Gasteiger partial charge on any atom is -0.404 e. The van der Waals surface area contributed by atoms with E-state index in [0.717, 1.165) is 0 Å². The van der Waals surface area contributed by atoms with Gasteiger partial charge in [-0.25, -0.2) is 0 Å².